The van der Waals surface area contributed by atoms with Gasteiger partial charge in [-0.15, -0.1) is 0 Å². The first-order valence-corrected chi connectivity index (χ1v) is 5.79. The van der Waals surface area contributed by atoms with Gasteiger partial charge in [0.05, 0.1) is 30.1 Å². The Bertz CT molecular complexity index is 744. The second kappa shape index (κ2) is 4.29. The van der Waals surface area contributed by atoms with Gasteiger partial charge in [-0.3, -0.25) is 0 Å². The molecule has 0 atom stereocenters. The van der Waals surface area contributed by atoms with Crippen LogP contribution in [0.1, 0.15) is 11.4 Å². The van der Waals surface area contributed by atoms with Crippen molar-refractivity contribution in [3.8, 4) is 0 Å². The van der Waals surface area contributed by atoms with E-state index in [1.807, 2.05) is 0 Å². The molecule has 0 amide bonds. The zero-order chi connectivity index (χ0) is 14.3. The minimum Gasteiger partial charge on any atom is -0.472 e. The molecule has 2 aromatic heterocycles. The lowest BCUT2D eigenvalue weighted by molar-refractivity contribution is -0.146. The Morgan fingerprint density at radius 2 is 2.05 bits per heavy atom. The van der Waals surface area contributed by atoms with Crippen molar-refractivity contribution in [2.75, 3.05) is 5.73 Å². The Balaban J connectivity index is 2.20. The summed E-state index contributed by atoms with van der Waals surface area (Å²) >= 11 is 0. The Morgan fingerprint density at radius 1 is 1.25 bits per heavy atom. The van der Waals surface area contributed by atoms with Gasteiger partial charge in [-0.2, -0.15) is 13.2 Å². The van der Waals surface area contributed by atoms with Crippen LogP contribution in [-0.2, 0) is 12.7 Å². The number of aromatic nitrogens is 2. The number of imidazole rings is 1. The van der Waals surface area contributed by atoms with Crippen molar-refractivity contribution in [2.45, 2.75) is 12.7 Å². The van der Waals surface area contributed by atoms with Crippen LogP contribution in [0.2, 0.25) is 0 Å². The molecule has 4 nitrogen and oxygen atoms in total. The Morgan fingerprint density at radius 3 is 2.70 bits per heavy atom. The van der Waals surface area contributed by atoms with Crippen LogP contribution >= 0.6 is 0 Å². The summed E-state index contributed by atoms with van der Waals surface area (Å²) < 4.78 is 45.2. The number of nitrogens with two attached hydrogens (primary N) is 1. The van der Waals surface area contributed by atoms with Crippen molar-refractivity contribution in [1.82, 2.24) is 9.55 Å². The van der Waals surface area contributed by atoms with Crippen LogP contribution in [0.25, 0.3) is 11.0 Å². The van der Waals surface area contributed by atoms with E-state index in [-0.39, 0.29) is 12.1 Å². The van der Waals surface area contributed by atoms with E-state index in [9.17, 15) is 13.2 Å². The monoisotopic (exact) mass is 281 g/mol. The lowest BCUT2D eigenvalue weighted by Crippen LogP contribution is -2.15. The smallest absolute Gasteiger partial charge is 0.449 e. The van der Waals surface area contributed by atoms with E-state index in [1.54, 1.807) is 12.1 Å². The van der Waals surface area contributed by atoms with E-state index in [0.717, 1.165) is 4.57 Å². The molecule has 2 heterocycles. The first-order valence-electron chi connectivity index (χ1n) is 5.79. The van der Waals surface area contributed by atoms with Gasteiger partial charge in [-0.05, 0) is 24.3 Å². The number of furan rings is 1. The molecule has 0 aliphatic carbocycles. The largest absolute Gasteiger partial charge is 0.472 e. The minimum absolute atomic E-state index is 0.0335. The van der Waals surface area contributed by atoms with E-state index in [4.69, 9.17) is 10.2 Å². The van der Waals surface area contributed by atoms with Crippen molar-refractivity contribution >= 4 is 16.7 Å². The van der Waals surface area contributed by atoms with Gasteiger partial charge >= 0.3 is 6.18 Å². The highest BCUT2D eigenvalue weighted by molar-refractivity contribution is 5.79. The van der Waals surface area contributed by atoms with Crippen LogP contribution < -0.4 is 5.73 Å². The number of alkyl halides is 3. The maximum Gasteiger partial charge on any atom is 0.449 e. The quantitative estimate of drug-likeness (QED) is 0.733. The Labute approximate surface area is 111 Å². The molecular formula is C13H10F3N3O. The first-order chi connectivity index (χ1) is 9.45. The fraction of sp³-hybridized carbons (Fsp3) is 0.154. The summed E-state index contributed by atoms with van der Waals surface area (Å²) in [7, 11) is 0. The van der Waals surface area contributed by atoms with Gasteiger partial charge in [-0.1, -0.05) is 0 Å². The maximum atomic E-state index is 13.1. The molecule has 1 aromatic carbocycles. The number of benzene rings is 1. The number of hydrogen-bond donors (Lipinski definition) is 1. The molecule has 0 aliphatic rings. The van der Waals surface area contributed by atoms with Crippen LogP contribution in [0.4, 0.5) is 18.9 Å². The molecule has 104 valence electrons. The summed E-state index contributed by atoms with van der Waals surface area (Å²) in [4.78, 5) is 3.65. The molecule has 0 unspecified atom stereocenters. The fourth-order valence-corrected chi connectivity index (χ4v) is 2.09. The zero-order valence-electron chi connectivity index (χ0n) is 10.2. The van der Waals surface area contributed by atoms with E-state index in [0.29, 0.717) is 16.8 Å². The maximum absolute atomic E-state index is 13.1. The molecule has 3 rings (SSSR count). The van der Waals surface area contributed by atoms with Crippen LogP contribution in [0.3, 0.4) is 0 Å². The normalized spacial score (nSPS) is 12.2. The molecule has 0 saturated carbocycles. The third-order valence-electron chi connectivity index (χ3n) is 2.95. The molecule has 0 aliphatic heterocycles. The highest BCUT2D eigenvalue weighted by atomic mass is 19.4. The third kappa shape index (κ3) is 2.11. The molecule has 0 radical (unpaired) electrons. The van der Waals surface area contributed by atoms with E-state index < -0.39 is 12.0 Å². The molecule has 0 saturated heterocycles. The summed E-state index contributed by atoms with van der Waals surface area (Å²) in [5.41, 5.74) is 7.19. The van der Waals surface area contributed by atoms with Crippen LogP contribution in [0.15, 0.2) is 41.2 Å². The van der Waals surface area contributed by atoms with Crippen molar-refractivity contribution in [2.24, 2.45) is 0 Å². The number of nitrogen functional groups attached to an aromatic ring is 1. The van der Waals surface area contributed by atoms with Crippen LogP contribution in [-0.4, -0.2) is 9.55 Å². The standard InChI is InChI=1S/C13H10F3N3O/c14-13(15,16)12-18-10-5-9(17)1-2-11(10)19(12)6-8-3-4-20-7-8/h1-5,7H,6,17H2. The highest BCUT2D eigenvalue weighted by Crippen LogP contribution is 2.32. The predicted molar refractivity (Wildman–Crippen MR) is 67.0 cm³/mol. The average molecular weight is 281 g/mol. The topological polar surface area (TPSA) is 57.0 Å². The van der Waals surface area contributed by atoms with Gasteiger partial charge in [-0.25, -0.2) is 4.98 Å². The number of nitrogens with zero attached hydrogens (tertiary/aromatic N) is 2. The van der Waals surface area contributed by atoms with Crippen LogP contribution in [0, 0.1) is 0 Å². The molecule has 2 N–H and O–H groups in total. The molecule has 0 bridgehead atoms. The van der Waals surface area contributed by atoms with Gasteiger partial charge in [0.2, 0.25) is 5.82 Å². The van der Waals surface area contributed by atoms with Gasteiger partial charge in [0, 0.05) is 11.3 Å². The number of halogens is 3. The van der Waals surface area contributed by atoms with Crippen molar-refractivity contribution in [3.63, 3.8) is 0 Å². The van der Waals surface area contributed by atoms with Crippen LogP contribution in [0.5, 0.6) is 0 Å². The average Bonchev–Trinajstić information content (AvgIpc) is 2.97. The van der Waals surface area contributed by atoms with Gasteiger partial charge in [0.25, 0.3) is 0 Å². The minimum atomic E-state index is -4.53. The second-order valence-electron chi connectivity index (χ2n) is 4.40. The third-order valence-corrected chi connectivity index (χ3v) is 2.95. The summed E-state index contributed by atoms with van der Waals surface area (Å²) in [5, 5.41) is 0. The summed E-state index contributed by atoms with van der Waals surface area (Å²) in [6, 6.07) is 6.13. The lowest BCUT2D eigenvalue weighted by Gasteiger charge is -2.10. The van der Waals surface area contributed by atoms with E-state index >= 15 is 0 Å². The lowest BCUT2D eigenvalue weighted by atomic mass is 10.2. The number of fused-ring (bicyclic) bond motifs is 1. The fourth-order valence-electron chi connectivity index (χ4n) is 2.09. The zero-order valence-corrected chi connectivity index (χ0v) is 10.2. The summed E-state index contributed by atoms with van der Waals surface area (Å²) in [6.45, 7) is 0.0335. The molecular weight excluding hydrogens is 271 g/mol. The number of anilines is 1. The molecule has 20 heavy (non-hydrogen) atoms. The molecule has 3 aromatic rings. The predicted octanol–water partition coefficient (Wildman–Crippen LogP) is 3.28. The Kier molecular flexibility index (Phi) is 2.70. The highest BCUT2D eigenvalue weighted by Gasteiger charge is 2.37. The SMILES string of the molecule is Nc1ccc2c(c1)nc(C(F)(F)F)n2Cc1ccoc1. The number of rotatable bonds is 2. The van der Waals surface area contributed by atoms with Gasteiger partial charge < -0.3 is 14.7 Å². The summed E-state index contributed by atoms with van der Waals surface area (Å²) in [5.74, 6) is -0.945. The first kappa shape index (κ1) is 12.6. The van der Waals surface area contributed by atoms with E-state index in [1.165, 1.54) is 24.7 Å². The number of hydrogen-bond acceptors (Lipinski definition) is 3. The van der Waals surface area contributed by atoms with Crippen molar-refractivity contribution in [1.29, 1.82) is 0 Å². The van der Waals surface area contributed by atoms with E-state index in [2.05, 4.69) is 4.98 Å². The molecule has 0 fully saturated rings. The second-order valence-corrected chi connectivity index (χ2v) is 4.40. The summed E-state index contributed by atoms with van der Waals surface area (Å²) in [6.07, 6.45) is -1.71. The van der Waals surface area contributed by atoms with Crippen molar-refractivity contribution < 1.29 is 17.6 Å². The van der Waals surface area contributed by atoms with Gasteiger partial charge in [0.15, 0.2) is 0 Å². The molecule has 7 heteroatoms. The van der Waals surface area contributed by atoms with Gasteiger partial charge in [0.1, 0.15) is 0 Å². The van der Waals surface area contributed by atoms with Crippen molar-refractivity contribution in [3.05, 3.63) is 48.2 Å². The Hall–Kier alpha value is -2.44. The molecule has 0 spiro atoms.